The highest BCUT2D eigenvalue weighted by Crippen LogP contribution is 2.34. The Morgan fingerprint density at radius 2 is 1.86 bits per heavy atom. The van der Waals surface area contributed by atoms with E-state index < -0.39 is 5.25 Å². The third kappa shape index (κ3) is 5.94. The summed E-state index contributed by atoms with van der Waals surface area (Å²) in [5, 5.41) is 3.05. The molecule has 0 aliphatic carbocycles. The summed E-state index contributed by atoms with van der Waals surface area (Å²) >= 11 is 18.9. The lowest BCUT2D eigenvalue weighted by Crippen LogP contribution is -2.24. The molecule has 1 amide bonds. The first-order valence-corrected chi connectivity index (χ1v) is 8.26. The second kappa shape index (κ2) is 8.73. The molecule has 8 heteroatoms. The number of ether oxygens (including phenoxy) is 1. The van der Waals surface area contributed by atoms with Crippen LogP contribution >= 0.6 is 46.6 Å². The van der Waals surface area contributed by atoms with Crippen LogP contribution in [0.15, 0.2) is 12.1 Å². The SMILES string of the molecule is CCOC(=O)CSC(C)C(=O)Nc1c(Cl)cc(Cl)cc1Cl. The Balaban J connectivity index is 2.63. The molecule has 0 bridgehead atoms. The average Bonchev–Trinajstić information content (AvgIpc) is 2.40. The van der Waals surface area contributed by atoms with Crippen LogP contribution in [0.1, 0.15) is 13.8 Å². The monoisotopic (exact) mass is 369 g/mol. The lowest BCUT2D eigenvalue weighted by Gasteiger charge is -2.14. The number of nitrogens with one attached hydrogen (secondary N) is 1. The lowest BCUT2D eigenvalue weighted by molar-refractivity contribution is -0.139. The van der Waals surface area contributed by atoms with Gasteiger partial charge in [-0.25, -0.2) is 0 Å². The summed E-state index contributed by atoms with van der Waals surface area (Å²) in [4.78, 5) is 23.3. The van der Waals surface area contributed by atoms with Gasteiger partial charge in [-0.05, 0) is 26.0 Å². The third-order valence-electron chi connectivity index (χ3n) is 2.38. The zero-order valence-electron chi connectivity index (χ0n) is 11.4. The van der Waals surface area contributed by atoms with E-state index in [0.717, 1.165) is 0 Å². The van der Waals surface area contributed by atoms with Crippen molar-refractivity contribution in [2.24, 2.45) is 0 Å². The summed E-state index contributed by atoms with van der Waals surface area (Å²) in [6, 6.07) is 2.97. The zero-order valence-corrected chi connectivity index (χ0v) is 14.5. The zero-order chi connectivity index (χ0) is 16.0. The van der Waals surface area contributed by atoms with E-state index in [1.54, 1.807) is 13.8 Å². The minimum atomic E-state index is -0.461. The Morgan fingerprint density at radius 1 is 1.29 bits per heavy atom. The molecule has 4 nitrogen and oxygen atoms in total. The Morgan fingerprint density at radius 3 is 2.38 bits per heavy atom. The maximum absolute atomic E-state index is 12.0. The molecule has 1 rings (SSSR count). The summed E-state index contributed by atoms with van der Waals surface area (Å²) in [6.45, 7) is 3.72. The quantitative estimate of drug-likeness (QED) is 0.760. The maximum atomic E-state index is 12.0. The molecule has 0 heterocycles. The van der Waals surface area contributed by atoms with Gasteiger partial charge in [0.1, 0.15) is 0 Å². The molecule has 1 aromatic carbocycles. The van der Waals surface area contributed by atoms with Crippen molar-refractivity contribution in [1.82, 2.24) is 0 Å². The highest BCUT2D eigenvalue weighted by Gasteiger charge is 2.18. The van der Waals surface area contributed by atoms with E-state index >= 15 is 0 Å². The summed E-state index contributed by atoms with van der Waals surface area (Å²) in [5.74, 6) is -0.565. The minimum absolute atomic E-state index is 0.102. The molecule has 1 N–H and O–H groups in total. The molecular formula is C13H14Cl3NO3S. The molecule has 1 aromatic rings. The van der Waals surface area contributed by atoms with Gasteiger partial charge in [0, 0.05) is 5.02 Å². The maximum Gasteiger partial charge on any atom is 0.315 e. The van der Waals surface area contributed by atoms with E-state index in [1.807, 2.05) is 0 Å². The van der Waals surface area contributed by atoms with Crippen molar-refractivity contribution in [2.45, 2.75) is 19.1 Å². The Bertz CT molecular complexity index is 516. The number of rotatable bonds is 6. The van der Waals surface area contributed by atoms with Crippen LogP contribution in [-0.4, -0.2) is 29.5 Å². The van der Waals surface area contributed by atoms with E-state index in [9.17, 15) is 9.59 Å². The van der Waals surface area contributed by atoms with Gasteiger partial charge in [-0.1, -0.05) is 34.8 Å². The number of hydrogen-bond acceptors (Lipinski definition) is 4. The summed E-state index contributed by atoms with van der Waals surface area (Å²) < 4.78 is 4.79. The highest BCUT2D eigenvalue weighted by atomic mass is 35.5. The van der Waals surface area contributed by atoms with Gasteiger partial charge in [0.15, 0.2) is 0 Å². The smallest absolute Gasteiger partial charge is 0.315 e. The van der Waals surface area contributed by atoms with Gasteiger partial charge < -0.3 is 10.1 Å². The van der Waals surface area contributed by atoms with Crippen molar-refractivity contribution in [3.63, 3.8) is 0 Å². The van der Waals surface area contributed by atoms with Gasteiger partial charge in [-0.2, -0.15) is 0 Å². The summed E-state index contributed by atoms with van der Waals surface area (Å²) in [7, 11) is 0. The van der Waals surface area contributed by atoms with Crippen LogP contribution in [0.5, 0.6) is 0 Å². The predicted octanol–water partition coefficient (Wildman–Crippen LogP) is 4.27. The van der Waals surface area contributed by atoms with E-state index in [2.05, 4.69) is 5.32 Å². The predicted molar refractivity (Wildman–Crippen MR) is 88.7 cm³/mol. The van der Waals surface area contributed by atoms with Crippen LogP contribution in [0, 0.1) is 0 Å². The number of hydrogen-bond donors (Lipinski definition) is 1. The molecule has 0 spiro atoms. The van der Waals surface area contributed by atoms with E-state index in [-0.39, 0.29) is 27.7 Å². The summed E-state index contributed by atoms with van der Waals surface area (Å²) in [6.07, 6.45) is 0. The Hall–Kier alpha value is -0.620. The molecule has 1 unspecified atom stereocenters. The first-order chi connectivity index (χ1) is 9.85. The van der Waals surface area contributed by atoms with E-state index in [1.165, 1.54) is 23.9 Å². The number of esters is 1. The van der Waals surface area contributed by atoms with Gasteiger partial charge in [-0.15, -0.1) is 11.8 Å². The molecule has 0 radical (unpaired) electrons. The molecular weight excluding hydrogens is 357 g/mol. The van der Waals surface area contributed by atoms with Crippen molar-refractivity contribution < 1.29 is 14.3 Å². The first kappa shape index (κ1) is 18.4. The standard InChI is InChI=1S/C13H14Cl3NO3S/c1-3-20-11(18)6-21-7(2)13(19)17-12-9(15)4-8(14)5-10(12)16/h4-5,7H,3,6H2,1-2H3,(H,17,19). The molecule has 116 valence electrons. The number of thioether (sulfide) groups is 1. The number of anilines is 1. The normalized spacial score (nSPS) is 11.9. The molecule has 0 aliphatic heterocycles. The molecule has 1 atom stereocenters. The van der Waals surface area contributed by atoms with E-state index in [0.29, 0.717) is 17.3 Å². The van der Waals surface area contributed by atoms with Crippen LogP contribution in [0.25, 0.3) is 0 Å². The van der Waals surface area contributed by atoms with Crippen LogP contribution in [0.4, 0.5) is 5.69 Å². The summed E-state index contributed by atoms with van der Waals surface area (Å²) in [5.41, 5.74) is 0.302. The molecule has 0 aliphatic rings. The van der Waals surface area contributed by atoms with Crippen LogP contribution in [-0.2, 0) is 14.3 Å². The van der Waals surface area contributed by atoms with Gasteiger partial charge in [0.25, 0.3) is 0 Å². The number of carbonyl (C=O) groups excluding carboxylic acids is 2. The van der Waals surface area contributed by atoms with Crippen molar-refractivity contribution in [3.05, 3.63) is 27.2 Å². The van der Waals surface area contributed by atoms with Gasteiger partial charge in [0.2, 0.25) is 5.91 Å². The molecule has 0 fully saturated rings. The lowest BCUT2D eigenvalue weighted by atomic mass is 10.3. The van der Waals surface area contributed by atoms with Crippen LogP contribution in [0.2, 0.25) is 15.1 Å². The molecule has 21 heavy (non-hydrogen) atoms. The average molecular weight is 371 g/mol. The second-order valence-electron chi connectivity index (χ2n) is 3.99. The molecule has 0 aromatic heterocycles. The van der Waals surface area contributed by atoms with Crippen molar-refractivity contribution >= 4 is 64.1 Å². The number of halogens is 3. The van der Waals surface area contributed by atoms with Crippen molar-refractivity contribution in [1.29, 1.82) is 0 Å². The minimum Gasteiger partial charge on any atom is -0.465 e. The number of amides is 1. The first-order valence-electron chi connectivity index (χ1n) is 6.07. The fraction of sp³-hybridized carbons (Fsp3) is 0.385. The van der Waals surface area contributed by atoms with Crippen LogP contribution < -0.4 is 5.32 Å². The highest BCUT2D eigenvalue weighted by molar-refractivity contribution is 8.01. The van der Waals surface area contributed by atoms with Gasteiger partial charge in [-0.3, -0.25) is 9.59 Å². The third-order valence-corrected chi connectivity index (χ3v) is 4.31. The topological polar surface area (TPSA) is 55.4 Å². The van der Waals surface area contributed by atoms with Crippen molar-refractivity contribution in [2.75, 3.05) is 17.7 Å². The van der Waals surface area contributed by atoms with Gasteiger partial charge >= 0.3 is 5.97 Å². The second-order valence-corrected chi connectivity index (χ2v) is 6.57. The number of benzene rings is 1. The molecule has 0 saturated carbocycles. The fourth-order valence-electron chi connectivity index (χ4n) is 1.36. The fourth-order valence-corrected chi connectivity index (χ4v) is 2.95. The van der Waals surface area contributed by atoms with Gasteiger partial charge in [0.05, 0.1) is 33.3 Å². The van der Waals surface area contributed by atoms with E-state index in [4.69, 9.17) is 39.5 Å². The van der Waals surface area contributed by atoms with Crippen LogP contribution in [0.3, 0.4) is 0 Å². The largest absolute Gasteiger partial charge is 0.465 e. The van der Waals surface area contributed by atoms with Crippen molar-refractivity contribution in [3.8, 4) is 0 Å². The molecule has 0 saturated heterocycles. The Labute approximate surface area is 142 Å². The number of carbonyl (C=O) groups is 2. The Kier molecular flexibility index (Phi) is 7.66.